The van der Waals surface area contributed by atoms with E-state index < -0.39 is 0 Å². The van der Waals surface area contributed by atoms with Crippen molar-refractivity contribution in [2.45, 2.75) is 59.4 Å². The number of hydrogen-bond donors (Lipinski definition) is 1. The largest absolute Gasteiger partial charge is 0.366 e. The zero-order valence-electron chi connectivity index (χ0n) is 10.7. The van der Waals surface area contributed by atoms with Gasteiger partial charge in [0.1, 0.15) is 6.61 Å². The molecule has 0 radical (unpaired) electrons. The van der Waals surface area contributed by atoms with Crippen LogP contribution in [0.25, 0.3) is 0 Å². The van der Waals surface area contributed by atoms with E-state index in [1.54, 1.807) is 0 Å². The number of hydrogen-bond acceptors (Lipinski definition) is 5. The molecule has 1 heterocycles. The van der Waals surface area contributed by atoms with Crippen LogP contribution in [0.3, 0.4) is 0 Å². The molecule has 5 heteroatoms. The van der Waals surface area contributed by atoms with Crippen LogP contribution in [-0.2, 0) is 17.9 Å². The van der Waals surface area contributed by atoms with Gasteiger partial charge in [-0.1, -0.05) is 19.0 Å². The molecule has 0 saturated heterocycles. The van der Waals surface area contributed by atoms with E-state index in [-0.39, 0.29) is 5.60 Å². The van der Waals surface area contributed by atoms with Crippen molar-refractivity contribution in [3.05, 3.63) is 11.7 Å². The average molecular weight is 227 g/mol. The molecular weight excluding hydrogens is 206 g/mol. The average Bonchev–Trinajstić information content (AvgIpc) is 2.58. The van der Waals surface area contributed by atoms with E-state index >= 15 is 0 Å². The van der Waals surface area contributed by atoms with Gasteiger partial charge in [-0.15, -0.1) is 0 Å². The third kappa shape index (κ3) is 5.23. The highest BCUT2D eigenvalue weighted by Crippen LogP contribution is 2.10. The molecule has 1 N–H and O–H groups in total. The summed E-state index contributed by atoms with van der Waals surface area (Å²) in [7, 11) is 0. The number of nitrogens with zero attached hydrogens (tertiary/aromatic N) is 2. The lowest BCUT2D eigenvalue weighted by Crippen LogP contribution is -2.22. The topological polar surface area (TPSA) is 60.2 Å². The predicted octanol–water partition coefficient (Wildman–Crippen LogP) is 1.88. The van der Waals surface area contributed by atoms with Crippen molar-refractivity contribution in [2.24, 2.45) is 0 Å². The molecule has 0 saturated carbocycles. The summed E-state index contributed by atoms with van der Waals surface area (Å²) in [6, 6.07) is 0.410. The van der Waals surface area contributed by atoms with E-state index in [4.69, 9.17) is 9.26 Å². The molecule has 0 aliphatic heterocycles. The molecule has 0 atom stereocenters. The van der Waals surface area contributed by atoms with Gasteiger partial charge in [-0.05, 0) is 20.8 Å². The molecule has 0 aromatic carbocycles. The number of aromatic nitrogens is 2. The first-order chi connectivity index (χ1) is 7.37. The van der Waals surface area contributed by atoms with Gasteiger partial charge < -0.3 is 14.6 Å². The Balaban J connectivity index is 2.39. The maximum Gasteiger partial charge on any atom is 0.252 e. The Hall–Kier alpha value is -0.940. The summed E-state index contributed by atoms with van der Waals surface area (Å²) >= 11 is 0. The number of ether oxygens (including phenoxy) is 1. The van der Waals surface area contributed by atoms with Gasteiger partial charge in [-0.25, -0.2) is 0 Å². The Labute approximate surface area is 96.6 Å². The maximum absolute atomic E-state index is 5.54. The molecule has 1 aromatic heterocycles. The van der Waals surface area contributed by atoms with Crippen molar-refractivity contribution in [2.75, 3.05) is 0 Å². The molecular formula is C11H21N3O2. The molecule has 0 amide bonds. The lowest BCUT2D eigenvalue weighted by atomic mass is 10.2. The Morgan fingerprint density at radius 2 is 2.06 bits per heavy atom. The molecule has 0 unspecified atom stereocenters. The second-order valence-corrected chi connectivity index (χ2v) is 5.04. The lowest BCUT2D eigenvalue weighted by molar-refractivity contribution is -0.0260. The molecule has 1 rings (SSSR count). The van der Waals surface area contributed by atoms with Crippen LogP contribution in [0.5, 0.6) is 0 Å². The first kappa shape index (κ1) is 13.1. The zero-order valence-corrected chi connectivity index (χ0v) is 10.7. The van der Waals surface area contributed by atoms with Gasteiger partial charge in [-0.2, -0.15) is 4.98 Å². The molecule has 0 bridgehead atoms. The molecule has 1 aromatic rings. The molecule has 0 spiro atoms. The van der Waals surface area contributed by atoms with Gasteiger partial charge >= 0.3 is 0 Å². The Kier molecular flexibility index (Phi) is 4.44. The van der Waals surface area contributed by atoms with Crippen LogP contribution < -0.4 is 5.32 Å². The fraction of sp³-hybridized carbons (Fsp3) is 0.818. The summed E-state index contributed by atoms with van der Waals surface area (Å²) in [5, 5.41) is 7.08. The van der Waals surface area contributed by atoms with Crippen LogP contribution >= 0.6 is 0 Å². The standard InChI is InChI=1S/C11H21N3O2/c1-8(2)12-6-9-13-10(16-14-9)7-15-11(3,4)5/h8,12H,6-7H2,1-5H3. The van der Waals surface area contributed by atoms with Crippen molar-refractivity contribution in [1.29, 1.82) is 0 Å². The molecule has 5 nitrogen and oxygen atoms in total. The minimum absolute atomic E-state index is 0.190. The highest BCUT2D eigenvalue weighted by Gasteiger charge is 2.13. The third-order valence-electron chi connectivity index (χ3n) is 1.81. The fourth-order valence-electron chi connectivity index (χ4n) is 0.994. The third-order valence-corrected chi connectivity index (χ3v) is 1.81. The Morgan fingerprint density at radius 3 is 2.62 bits per heavy atom. The SMILES string of the molecule is CC(C)NCc1noc(COC(C)(C)C)n1. The monoisotopic (exact) mass is 227 g/mol. The van der Waals surface area contributed by atoms with Crippen LogP contribution in [0, 0.1) is 0 Å². The molecule has 16 heavy (non-hydrogen) atoms. The summed E-state index contributed by atoms with van der Waals surface area (Å²) in [4.78, 5) is 4.22. The minimum Gasteiger partial charge on any atom is -0.366 e. The van der Waals surface area contributed by atoms with Gasteiger partial charge in [-0.3, -0.25) is 0 Å². The van der Waals surface area contributed by atoms with Crippen LogP contribution in [0.4, 0.5) is 0 Å². The first-order valence-electron chi connectivity index (χ1n) is 5.55. The van der Waals surface area contributed by atoms with Crippen LogP contribution in [-0.4, -0.2) is 21.8 Å². The highest BCUT2D eigenvalue weighted by atomic mass is 16.5. The molecule has 0 aliphatic rings. The van der Waals surface area contributed by atoms with Crippen LogP contribution in [0.2, 0.25) is 0 Å². The normalized spacial score (nSPS) is 12.4. The van der Waals surface area contributed by atoms with E-state index in [1.807, 2.05) is 20.8 Å². The van der Waals surface area contributed by atoms with E-state index in [9.17, 15) is 0 Å². The Bertz CT molecular complexity index is 315. The van der Waals surface area contributed by atoms with Crippen molar-refractivity contribution in [3.8, 4) is 0 Å². The van der Waals surface area contributed by atoms with Gasteiger partial charge in [0.2, 0.25) is 0 Å². The van der Waals surface area contributed by atoms with Crippen molar-refractivity contribution in [1.82, 2.24) is 15.5 Å². The zero-order chi connectivity index (χ0) is 12.2. The predicted molar refractivity (Wildman–Crippen MR) is 60.8 cm³/mol. The van der Waals surface area contributed by atoms with Crippen LogP contribution in [0.15, 0.2) is 4.52 Å². The van der Waals surface area contributed by atoms with Crippen molar-refractivity contribution in [3.63, 3.8) is 0 Å². The summed E-state index contributed by atoms with van der Waals surface area (Å²) in [6.45, 7) is 11.1. The van der Waals surface area contributed by atoms with Gasteiger partial charge in [0.15, 0.2) is 5.82 Å². The summed E-state index contributed by atoms with van der Waals surface area (Å²) < 4.78 is 10.6. The van der Waals surface area contributed by atoms with Gasteiger partial charge in [0, 0.05) is 6.04 Å². The minimum atomic E-state index is -0.190. The van der Waals surface area contributed by atoms with E-state index in [2.05, 4.69) is 29.3 Å². The van der Waals surface area contributed by atoms with Gasteiger partial charge in [0.05, 0.1) is 12.1 Å². The van der Waals surface area contributed by atoms with Crippen LogP contribution in [0.1, 0.15) is 46.3 Å². The second kappa shape index (κ2) is 5.41. The number of rotatable bonds is 5. The summed E-state index contributed by atoms with van der Waals surface area (Å²) in [6.07, 6.45) is 0. The quantitative estimate of drug-likeness (QED) is 0.832. The summed E-state index contributed by atoms with van der Waals surface area (Å²) in [5.74, 6) is 1.19. The molecule has 0 aliphatic carbocycles. The highest BCUT2D eigenvalue weighted by molar-refractivity contribution is 4.85. The smallest absolute Gasteiger partial charge is 0.252 e. The van der Waals surface area contributed by atoms with Crippen molar-refractivity contribution < 1.29 is 9.26 Å². The Morgan fingerprint density at radius 1 is 1.38 bits per heavy atom. The molecule has 0 fully saturated rings. The van der Waals surface area contributed by atoms with E-state index in [1.165, 1.54) is 0 Å². The van der Waals surface area contributed by atoms with E-state index in [0.717, 1.165) is 0 Å². The molecule has 92 valence electrons. The van der Waals surface area contributed by atoms with E-state index in [0.29, 0.717) is 30.9 Å². The lowest BCUT2D eigenvalue weighted by Gasteiger charge is -2.17. The van der Waals surface area contributed by atoms with Gasteiger partial charge in [0.25, 0.3) is 5.89 Å². The number of nitrogens with one attached hydrogen (secondary N) is 1. The summed E-state index contributed by atoms with van der Waals surface area (Å²) in [5.41, 5.74) is -0.190. The first-order valence-corrected chi connectivity index (χ1v) is 5.55. The fourth-order valence-corrected chi connectivity index (χ4v) is 0.994. The second-order valence-electron chi connectivity index (χ2n) is 5.04. The maximum atomic E-state index is 5.54. The van der Waals surface area contributed by atoms with Crippen molar-refractivity contribution >= 4 is 0 Å².